The number of phenolic OH excluding ortho intramolecular Hbond substituents is 1. The van der Waals surface area contributed by atoms with Crippen LogP contribution in [0.4, 0.5) is 0 Å². The summed E-state index contributed by atoms with van der Waals surface area (Å²) < 4.78 is 6.02. The van der Waals surface area contributed by atoms with Crippen LogP contribution < -0.4 is 4.74 Å². The molecule has 0 radical (unpaired) electrons. The zero-order valence-electron chi connectivity index (χ0n) is 20.6. The van der Waals surface area contributed by atoms with Crippen LogP contribution in [-0.2, 0) is 0 Å². The predicted octanol–water partition coefficient (Wildman–Crippen LogP) is 6.31. The van der Waals surface area contributed by atoms with Crippen molar-refractivity contribution < 1.29 is 14.6 Å². The summed E-state index contributed by atoms with van der Waals surface area (Å²) in [6, 6.07) is 11.5. The number of aromatic amines is 1. The number of H-pyrrole nitrogens is 1. The second kappa shape index (κ2) is 10.3. The van der Waals surface area contributed by atoms with E-state index < -0.39 is 0 Å². The molecule has 1 amide bonds. The van der Waals surface area contributed by atoms with Crippen LogP contribution in [0.1, 0.15) is 84.7 Å². The van der Waals surface area contributed by atoms with Crippen LogP contribution in [0.2, 0.25) is 0 Å². The van der Waals surface area contributed by atoms with Crippen molar-refractivity contribution in [1.29, 1.82) is 0 Å². The van der Waals surface area contributed by atoms with Gasteiger partial charge in [-0.05, 0) is 61.6 Å². The molecule has 0 spiro atoms. The molecular weight excluding hydrogens is 426 g/mol. The van der Waals surface area contributed by atoms with Gasteiger partial charge in [0, 0.05) is 17.7 Å². The molecule has 1 unspecified atom stereocenters. The van der Waals surface area contributed by atoms with Gasteiger partial charge >= 0.3 is 0 Å². The molecular formula is C28H35N3O3. The lowest BCUT2D eigenvalue weighted by Gasteiger charge is -2.27. The number of nitrogens with zero attached hydrogens (tertiary/aromatic N) is 2. The highest BCUT2D eigenvalue weighted by Crippen LogP contribution is 2.46. The summed E-state index contributed by atoms with van der Waals surface area (Å²) in [5.41, 5.74) is 5.54. The number of phenols is 1. The number of carbonyl (C=O) groups excluding carboxylic acids is 1. The summed E-state index contributed by atoms with van der Waals surface area (Å²) in [6.07, 6.45) is 5.22. The molecule has 1 aromatic heterocycles. The van der Waals surface area contributed by atoms with Crippen LogP contribution in [-0.4, -0.2) is 39.3 Å². The van der Waals surface area contributed by atoms with Crippen LogP contribution in [0, 0.1) is 13.8 Å². The fraction of sp³-hybridized carbons (Fsp3) is 0.429. The van der Waals surface area contributed by atoms with Gasteiger partial charge in [-0.25, -0.2) is 0 Å². The molecule has 0 bridgehead atoms. The Hall–Kier alpha value is -3.28. The molecule has 0 saturated heterocycles. The Bertz CT molecular complexity index is 1140. The maximum atomic E-state index is 13.4. The van der Waals surface area contributed by atoms with E-state index in [0.29, 0.717) is 30.1 Å². The smallest absolute Gasteiger partial charge is 0.273 e. The van der Waals surface area contributed by atoms with Crippen LogP contribution in [0.3, 0.4) is 0 Å². The number of hydrogen-bond acceptors (Lipinski definition) is 4. The molecule has 3 aromatic rings. The van der Waals surface area contributed by atoms with Crippen molar-refractivity contribution in [3.63, 3.8) is 0 Å². The van der Waals surface area contributed by atoms with Crippen LogP contribution in [0.15, 0.2) is 36.4 Å². The van der Waals surface area contributed by atoms with Crippen molar-refractivity contribution >= 4 is 5.91 Å². The number of rotatable bonds is 10. The van der Waals surface area contributed by atoms with E-state index in [-0.39, 0.29) is 17.7 Å². The van der Waals surface area contributed by atoms with Gasteiger partial charge in [0.25, 0.3) is 5.91 Å². The number of ether oxygens (including phenoxy) is 1. The lowest BCUT2D eigenvalue weighted by molar-refractivity contribution is 0.0741. The zero-order chi connectivity index (χ0) is 24.2. The van der Waals surface area contributed by atoms with Crippen molar-refractivity contribution in [2.24, 2.45) is 0 Å². The summed E-state index contributed by atoms with van der Waals surface area (Å²) in [5, 5.41) is 18.3. The maximum Gasteiger partial charge on any atom is 0.273 e. The highest BCUT2D eigenvalue weighted by molar-refractivity contribution is 6.00. The zero-order valence-corrected chi connectivity index (χ0v) is 20.6. The lowest BCUT2D eigenvalue weighted by Crippen LogP contribution is -2.30. The molecule has 6 nitrogen and oxygen atoms in total. The Balaban J connectivity index is 1.78. The van der Waals surface area contributed by atoms with Gasteiger partial charge in [0.1, 0.15) is 22.9 Å². The minimum Gasteiger partial charge on any atom is -0.507 e. The van der Waals surface area contributed by atoms with Gasteiger partial charge in [0.2, 0.25) is 0 Å². The fourth-order valence-corrected chi connectivity index (χ4v) is 4.86. The van der Waals surface area contributed by atoms with Crippen molar-refractivity contribution in [3.8, 4) is 22.8 Å². The molecule has 2 aromatic carbocycles. The van der Waals surface area contributed by atoms with Crippen molar-refractivity contribution in [3.05, 3.63) is 64.3 Å². The summed E-state index contributed by atoms with van der Waals surface area (Å²) in [6.45, 7) is 9.56. The number of carbonyl (C=O) groups is 1. The summed E-state index contributed by atoms with van der Waals surface area (Å²) >= 11 is 0. The van der Waals surface area contributed by atoms with Crippen molar-refractivity contribution in [2.45, 2.75) is 65.8 Å². The third kappa shape index (κ3) is 4.54. The number of aromatic nitrogens is 2. The second-order valence-electron chi connectivity index (χ2n) is 9.22. The van der Waals surface area contributed by atoms with Crippen molar-refractivity contribution in [1.82, 2.24) is 15.1 Å². The number of aryl methyl sites for hydroxylation is 2. The minimum absolute atomic E-state index is 0.0503. The first kappa shape index (κ1) is 23.9. The standard InChI is InChI=1S/C28H35N3O3/c1-5-7-9-14-34-21-12-10-11-20(17-21)27-24-25(23-19(4)15-18(3)16-22(23)32)29-30-26(24)28(33)31(27)13-8-6-2/h10-12,15-17,27,32H,5-9,13-14H2,1-4H3,(H,29,30). The summed E-state index contributed by atoms with van der Waals surface area (Å²) in [5.74, 6) is 0.938. The Labute approximate surface area is 202 Å². The Morgan fingerprint density at radius 3 is 2.62 bits per heavy atom. The van der Waals surface area contributed by atoms with Crippen LogP contribution in [0.5, 0.6) is 11.5 Å². The SMILES string of the molecule is CCCCCOc1cccc(C2c3c(-c4c(C)cc(C)cc4O)n[nH]c3C(=O)N2CCCC)c1. The van der Waals surface area contributed by atoms with Gasteiger partial charge in [-0.15, -0.1) is 0 Å². The third-order valence-corrected chi connectivity index (χ3v) is 6.50. The van der Waals surface area contributed by atoms with Gasteiger partial charge in [-0.1, -0.05) is 51.3 Å². The molecule has 1 aliphatic heterocycles. The van der Waals surface area contributed by atoms with Crippen LogP contribution >= 0.6 is 0 Å². The Kier molecular flexibility index (Phi) is 7.25. The minimum atomic E-state index is -0.290. The van der Waals surface area contributed by atoms with E-state index in [0.717, 1.165) is 60.1 Å². The van der Waals surface area contributed by atoms with Gasteiger partial charge in [0.15, 0.2) is 0 Å². The summed E-state index contributed by atoms with van der Waals surface area (Å²) in [4.78, 5) is 15.4. The molecule has 0 fully saturated rings. The highest BCUT2D eigenvalue weighted by atomic mass is 16.5. The topological polar surface area (TPSA) is 78.5 Å². The first-order valence-electron chi connectivity index (χ1n) is 12.4. The van der Waals surface area contributed by atoms with E-state index in [1.54, 1.807) is 6.07 Å². The Morgan fingerprint density at radius 2 is 1.88 bits per heavy atom. The van der Waals surface area contributed by atoms with Gasteiger partial charge in [0.05, 0.1) is 12.6 Å². The predicted molar refractivity (Wildman–Crippen MR) is 134 cm³/mol. The molecule has 0 saturated carbocycles. The lowest BCUT2D eigenvalue weighted by atomic mass is 9.93. The quantitative estimate of drug-likeness (QED) is 0.347. The molecule has 0 aliphatic carbocycles. The van der Waals surface area contributed by atoms with E-state index in [1.165, 1.54) is 0 Å². The van der Waals surface area contributed by atoms with Gasteiger partial charge in [-0.2, -0.15) is 5.10 Å². The first-order chi connectivity index (χ1) is 16.5. The van der Waals surface area contributed by atoms with E-state index in [9.17, 15) is 9.90 Å². The average molecular weight is 462 g/mol. The van der Waals surface area contributed by atoms with Gasteiger partial charge in [-0.3, -0.25) is 9.89 Å². The number of nitrogens with one attached hydrogen (secondary N) is 1. The number of benzene rings is 2. The maximum absolute atomic E-state index is 13.4. The number of amides is 1. The summed E-state index contributed by atoms with van der Waals surface area (Å²) in [7, 11) is 0. The van der Waals surface area contributed by atoms with Crippen molar-refractivity contribution in [2.75, 3.05) is 13.2 Å². The van der Waals surface area contributed by atoms with E-state index >= 15 is 0 Å². The first-order valence-corrected chi connectivity index (χ1v) is 12.4. The van der Waals surface area contributed by atoms with Crippen LogP contribution in [0.25, 0.3) is 11.3 Å². The number of unbranched alkanes of at least 4 members (excludes halogenated alkanes) is 3. The molecule has 180 valence electrons. The third-order valence-electron chi connectivity index (χ3n) is 6.50. The largest absolute Gasteiger partial charge is 0.507 e. The monoisotopic (exact) mass is 461 g/mol. The van der Waals surface area contributed by atoms with E-state index in [1.807, 2.05) is 49.1 Å². The second-order valence-corrected chi connectivity index (χ2v) is 9.22. The molecule has 4 rings (SSSR count). The average Bonchev–Trinajstić information content (AvgIpc) is 3.34. The van der Waals surface area contributed by atoms with Gasteiger partial charge < -0.3 is 14.7 Å². The molecule has 2 heterocycles. The number of fused-ring (bicyclic) bond motifs is 1. The molecule has 2 N–H and O–H groups in total. The number of hydrogen-bond donors (Lipinski definition) is 2. The Morgan fingerprint density at radius 1 is 1.09 bits per heavy atom. The van der Waals surface area contributed by atoms with E-state index in [4.69, 9.17) is 4.74 Å². The highest BCUT2D eigenvalue weighted by Gasteiger charge is 2.42. The normalized spacial score (nSPS) is 15.1. The van der Waals surface area contributed by atoms with E-state index in [2.05, 4.69) is 24.0 Å². The molecule has 1 aliphatic rings. The molecule has 1 atom stereocenters. The fourth-order valence-electron chi connectivity index (χ4n) is 4.86. The number of aromatic hydroxyl groups is 1. The molecule has 34 heavy (non-hydrogen) atoms. The molecule has 6 heteroatoms.